The minimum Gasteiger partial charge on any atom is -0.424 e. The molecule has 7 nitrogen and oxygen atoms in total. The third-order valence-corrected chi connectivity index (χ3v) is 3.50. The van der Waals surface area contributed by atoms with Gasteiger partial charge in [-0.15, -0.1) is 10.2 Å². The van der Waals surface area contributed by atoms with Crippen molar-refractivity contribution in [3.63, 3.8) is 0 Å². The predicted octanol–water partition coefficient (Wildman–Crippen LogP) is 2.45. The van der Waals surface area contributed by atoms with E-state index in [0.29, 0.717) is 24.4 Å². The molecule has 1 aliphatic carbocycles. The number of aryl methyl sites for hydroxylation is 1. The van der Waals surface area contributed by atoms with Crippen molar-refractivity contribution in [1.82, 2.24) is 15.1 Å². The highest BCUT2D eigenvalue weighted by atomic mass is 16.6. The van der Waals surface area contributed by atoms with Crippen LogP contribution in [0.2, 0.25) is 0 Å². The number of nitro benzene ring substituents is 1. The fourth-order valence-corrected chi connectivity index (χ4v) is 2.29. The number of non-ortho nitro benzene ring substituents is 1. The summed E-state index contributed by atoms with van der Waals surface area (Å²) in [6, 6.07) is 7.21. The van der Waals surface area contributed by atoms with Gasteiger partial charge in [-0.25, -0.2) is 0 Å². The summed E-state index contributed by atoms with van der Waals surface area (Å²) in [6.07, 6.45) is 2.33. The predicted molar refractivity (Wildman–Crippen MR) is 74.4 cm³/mol. The van der Waals surface area contributed by atoms with Crippen LogP contribution in [0.3, 0.4) is 0 Å². The van der Waals surface area contributed by atoms with Gasteiger partial charge in [-0.3, -0.25) is 15.0 Å². The topological polar surface area (TPSA) is 85.3 Å². The zero-order valence-electron chi connectivity index (χ0n) is 11.7. The second kappa shape index (κ2) is 5.61. The molecule has 0 bridgehead atoms. The Kier molecular flexibility index (Phi) is 3.66. The average molecular weight is 288 g/mol. The van der Waals surface area contributed by atoms with E-state index in [-0.39, 0.29) is 10.6 Å². The Bertz CT molecular complexity index is 634. The lowest BCUT2D eigenvalue weighted by Crippen LogP contribution is -2.25. The van der Waals surface area contributed by atoms with E-state index in [2.05, 4.69) is 15.1 Å². The molecule has 1 aromatic heterocycles. The summed E-state index contributed by atoms with van der Waals surface area (Å²) in [6.45, 7) is 3.11. The van der Waals surface area contributed by atoms with E-state index in [1.54, 1.807) is 19.1 Å². The third kappa shape index (κ3) is 3.43. The smallest absolute Gasteiger partial charge is 0.269 e. The van der Waals surface area contributed by atoms with Crippen molar-refractivity contribution >= 4 is 5.69 Å². The summed E-state index contributed by atoms with van der Waals surface area (Å²) in [5.74, 6) is 1.18. The second-order valence-corrected chi connectivity index (χ2v) is 5.27. The van der Waals surface area contributed by atoms with Crippen LogP contribution >= 0.6 is 0 Å². The van der Waals surface area contributed by atoms with E-state index in [9.17, 15) is 10.1 Å². The standard InChI is InChI=1S/C14H16N4O3/c1-10-15-16-14(21-10)9-17(12-6-7-12)8-11-2-4-13(5-3-11)18(19)20/h2-5,12H,6-9H2,1H3. The molecule has 1 saturated carbocycles. The molecule has 1 heterocycles. The Morgan fingerprint density at radius 1 is 1.29 bits per heavy atom. The van der Waals surface area contributed by atoms with Crippen molar-refractivity contribution in [2.45, 2.75) is 38.9 Å². The molecule has 1 fully saturated rings. The SMILES string of the molecule is Cc1nnc(CN(Cc2ccc([N+](=O)[O-])cc2)C2CC2)o1. The zero-order chi connectivity index (χ0) is 14.8. The van der Waals surface area contributed by atoms with Gasteiger partial charge in [0.25, 0.3) is 5.69 Å². The Labute approximate surface area is 121 Å². The van der Waals surface area contributed by atoms with Gasteiger partial charge >= 0.3 is 0 Å². The Morgan fingerprint density at radius 3 is 2.52 bits per heavy atom. The van der Waals surface area contributed by atoms with Crippen LogP contribution in [-0.2, 0) is 13.1 Å². The Balaban J connectivity index is 1.68. The van der Waals surface area contributed by atoms with Crippen molar-refractivity contribution in [2.24, 2.45) is 0 Å². The number of rotatable bonds is 6. The normalized spacial score (nSPS) is 14.6. The van der Waals surface area contributed by atoms with Crippen LogP contribution < -0.4 is 0 Å². The van der Waals surface area contributed by atoms with Gasteiger partial charge in [-0.1, -0.05) is 12.1 Å². The van der Waals surface area contributed by atoms with Crippen LogP contribution in [0.1, 0.15) is 30.2 Å². The largest absolute Gasteiger partial charge is 0.424 e. The molecule has 0 unspecified atom stereocenters. The van der Waals surface area contributed by atoms with Crippen molar-refractivity contribution in [1.29, 1.82) is 0 Å². The highest BCUT2D eigenvalue weighted by Crippen LogP contribution is 2.29. The molecule has 2 aromatic rings. The Morgan fingerprint density at radius 2 is 2.00 bits per heavy atom. The maximum Gasteiger partial charge on any atom is 0.269 e. The van der Waals surface area contributed by atoms with Gasteiger partial charge in [0.15, 0.2) is 0 Å². The molecule has 7 heteroatoms. The van der Waals surface area contributed by atoms with Crippen molar-refractivity contribution in [3.8, 4) is 0 Å². The maximum absolute atomic E-state index is 10.7. The van der Waals surface area contributed by atoms with E-state index in [0.717, 1.165) is 12.1 Å². The van der Waals surface area contributed by atoms with Gasteiger partial charge < -0.3 is 4.42 Å². The fourth-order valence-electron chi connectivity index (χ4n) is 2.29. The number of nitrogens with zero attached hydrogens (tertiary/aromatic N) is 4. The molecule has 110 valence electrons. The molecular weight excluding hydrogens is 272 g/mol. The molecule has 0 N–H and O–H groups in total. The number of hydrogen-bond donors (Lipinski definition) is 0. The third-order valence-electron chi connectivity index (χ3n) is 3.50. The van der Waals surface area contributed by atoms with Gasteiger partial charge in [-0.2, -0.15) is 0 Å². The monoisotopic (exact) mass is 288 g/mol. The lowest BCUT2D eigenvalue weighted by Gasteiger charge is -2.19. The highest BCUT2D eigenvalue weighted by Gasteiger charge is 2.30. The maximum atomic E-state index is 10.7. The number of aromatic nitrogens is 2. The summed E-state index contributed by atoms with van der Waals surface area (Å²) in [5.41, 5.74) is 1.16. The quantitative estimate of drug-likeness (QED) is 0.599. The minimum absolute atomic E-state index is 0.115. The van der Waals surface area contributed by atoms with Crippen LogP contribution in [0.5, 0.6) is 0 Å². The van der Waals surface area contributed by atoms with Crippen molar-refractivity contribution < 1.29 is 9.34 Å². The lowest BCUT2D eigenvalue weighted by atomic mass is 10.2. The summed E-state index contributed by atoms with van der Waals surface area (Å²) in [5, 5.41) is 18.5. The molecule has 1 aromatic carbocycles. The number of nitro groups is 1. The minimum atomic E-state index is -0.385. The first-order valence-corrected chi connectivity index (χ1v) is 6.88. The van der Waals surface area contributed by atoms with Gasteiger partial charge in [0.05, 0.1) is 11.5 Å². The molecule has 0 amide bonds. The average Bonchev–Trinajstić information content (AvgIpc) is 3.23. The van der Waals surface area contributed by atoms with E-state index in [4.69, 9.17) is 4.42 Å². The fraction of sp³-hybridized carbons (Fsp3) is 0.429. The summed E-state index contributed by atoms with van der Waals surface area (Å²) in [4.78, 5) is 12.6. The van der Waals surface area contributed by atoms with Crippen LogP contribution in [-0.4, -0.2) is 26.1 Å². The van der Waals surface area contributed by atoms with E-state index < -0.39 is 0 Å². The van der Waals surface area contributed by atoms with E-state index >= 15 is 0 Å². The molecule has 0 atom stereocenters. The number of hydrogen-bond acceptors (Lipinski definition) is 6. The molecule has 0 aliphatic heterocycles. The molecule has 0 spiro atoms. The van der Waals surface area contributed by atoms with Crippen LogP contribution in [0.25, 0.3) is 0 Å². The molecule has 0 saturated heterocycles. The first kappa shape index (κ1) is 13.7. The number of benzene rings is 1. The summed E-state index contributed by atoms with van der Waals surface area (Å²) >= 11 is 0. The van der Waals surface area contributed by atoms with Gasteiger partial charge in [0.2, 0.25) is 11.8 Å². The van der Waals surface area contributed by atoms with Crippen molar-refractivity contribution in [3.05, 3.63) is 51.7 Å². The first-order chi connectivity index (χ1) is 10.1. The Hall–Kier alpha value is -2.28. The zero-order valence-corrected chi connectivity index (χ0v) is 11.7. The van der Waals surface area contributed by atoms with Crippen molar-refractivity contribution in [2.75, 3.05) is 0 Å². The molecular formula is C14H16N4O3. The van der Waals surface area contributed by atoms with Crippen LogP contribution in [0.4, 0.5) is 5.69 Å². The van der Waals surface area contributed by atoms with Crippen LogP contribution in [0, 0.1) is 17.0 Å². The van der Waals surface area contributed by atoms with Gasteiger partial charge in [-0.05, 0) is 18.4 Å². The van der Waals surface area contributed by atoms with E-state index in [1.165, 1.54) is 25.0 Å². The van der Waals surface area contributed by atoms with E-state index in [1.807, 2.05) is 0 Å². The second-order valence-electron chi connectivity index (χ2n) is 5.27. The molecule has 0 radical (unpaired) electrons. The van der Waals surface area contributed by atoms with Crippen LogP contribution in [0.15, 0.2) is 28.7 Å². The van der Waals surface area contributed by atoms with Gasteiger partial charge in [0, 0.05) is 31.6 Å². The molecule has 3 rings (SSSR count). The summed E-state index contributed by atoms with van der Waals surface area (Å²) < 4.78 is 5.43. The highest BCUT2D eigenvalue weighted by molar-refractivity contribution is 5.32. The molecule has 1 aliphatic rings. The summed E-state index contributed by atoms with van der Waals surface area (Å²) in [7, 11) is 0. The molecule has 21 heavy (non-hydrogen) atoms. The van der Waals surface area contributed by atoms with Gasteiger partial charge in [0.1, 0.15) is 0 Å². The lowest BCUT2D eigenvalue weighted by molar-refractivity contribution is -0.384. The first-order valence-electron chi connectivity index (χ1n) is 6.88.